The third-order valence-electron chi connectivity index (χ3n) is 8.22. The number of carbonyl (C=O) groups is 2. The topological polar surface area (TPSA) is 67.2 Å². The van der Waals surface area contributed by atoms with Crippen molar-refractivity contribution in [2.45, 2.75) is 95.7 Å². The van der Waals surface area contributed by atoms with E-state index in [0.717, 1.165) is 49.0 Å². The molecule has 202 valence electrons. The van der Waals surface area contributed by atoms with Crippen molar-refractivity contribution in [1.82, 2.24) is 19.8 Å². The Balaban J connectivity index is 1.29. The normalized spacial score (nSPS) is 17.0. The molecule has 2 fully saturated rings. The number of rotatable bonds is 9. The minimum Gasteiger partial charge on any atom is -0.352 e. The molecular formula is C31H39ClN4O2. The largest absolute Gasteiger partial charge is 0.352 e. The van der Waals surface area contributed by atoms with Crippen molar-refractivity contribution in [1.29, 1.82) is 0 Å². The van der Waals surface area contributed by atoms with Crippen molar-refractivity contribution in [2.75, 3.05) is 6.54 Å². The van der Waals surface area contributed by atoms with Crippen LogP contribution in [-0.2, 0) is 17.8 Å². The van der Waals surface area contributed by atoms with E-state index in [4.69, 9.17) is 16.6 Å². The highest BCUT2D eigenvalue weighted by atomic mass is 35.5. The van der Waals surface area contributed by atoms with E-state index in [1.54, 1.807) is 24.3 Å². The van der Waals surface area contributed by atoms with E-state index in [1.165, 1.54) is 38.5 Å². The van der Waals surface area contributed by atoms with Gasteiger partial charge in [0.2, 0.25) is 5.91 Å². The number of nitrogens with one attached hydrogen (secondary N) is 1. The molecule has 5 rings (SSSR count). The number of halogens is 1. The van der Waals surface area contributed by atoms with Gasteiger partial charge in [0.05, 0.1) is 11.0 Å². The fraction of sp³-hybridized carbons (Fsp3) is 0.516. The van der Waals surface area contributed by atoms with Gasteiger partial charge in [-0.15, -0.1) is 0 Å². The molecule has 0 unspecified atom stereocenters. The van der Waals surface area contributed by atoms with Crippen LogP contribution in [0.2, 0.25) is 5.02 Å². The summed E-state index contributed by atoms with van der Waals surface area (Å²) in [6, 6.07) is 15.7. The first-order valence-corrected chi connectivity index (χ1v) is 14.8. The Morgan fingerprint density at radius 3 is 2.18 bits per heavy atom. The molecule has 0 spiro atoms. The van der Waals surface area contributed by atoms with Crippen LogP contribution in [0.5, 0.6) is 0 Å². The lowest BCUT2D eigenvalue weighted by Crippen LogP contribution is -2.50. The van der Waals surface area contributed by atoms with Crippen molar-refractivity contribution in [3.8, 4) is 0 Å². The van der Waals surface area contributed by atoms with Crippen LogP contribution in [0.3, 0.4) is 0 Å². The molecule has 1 heterocycles. The van der Waals surface area contributed by atoms with Gasteiger partial charge in [-0.25, -0.2) is 4.98 Å². The van der Waals surface area contributed by atoms with Gasteiger partial charge in [-0.1, -0.05) is 62.3 Å². The summed E-state index contributed by atoms with van der Waals surface area (Å²) in [5.41, 5.74) is 2.52. The van der Waals surface area contributed by atoms with Gasteiger partial charge in [-0.05, 0) is 68.5 Å². The fourth-order valence-corrected chi connectivity index (χ4v) is 6.41. The summed E-state index contributed by atoms with van der Waals surface area (Å²) >= 11 is 5.93. The lowest BCUT2D eigenvalue weighted by Gasteiger charge is -2.42. The Hall–Kier alpha value is -2.86. The Morgan fingerprint density at radius 2 is 1.53 bits per heavy atom. The molecule has 0 aliphatic heterocycles. The molecule has 2 aromatic carbocycles. The maximum Gasteiger partial charge on any atom is 0.251 e. The summed E-state index contributed by atoms with van der Waals surface area (Å²) in [5.74, 6) is 1.04. The average Bonchev–Trinajstić information content (AvgIpc) is 3.29. The van der Waals surface area contributed by atoms with E-state index in [1.807, 2.05) is 18.2 Å². The standard InChI is InChI=1S/C31H39ClN4O2/c32-24-19-17-23(18-20-24)31(38)33-21-9-16-29-34-27-14-7-8-15-28(27)35(29)22-30(37)36(25-10-3-1-4-11-25)26-12-5-2-6-13-26/h7-8,14-15,17-20,25-26H,1-6,9-13,16,21-22H2,(H,33,38). The number of fused-ring (bicyclic) bond motifs is 1. The minimum atomic E-state index is -0.110. The summed E-state index contributed by atoms with van der Waals surface area (Å²) in [6.45, 7) is 0.870. The van der Waals surface area contributed by atoms with Crippen LogP contribution in [0.1, 0.15) is 86.8 Å². The van der Waals surface area contributed by atoms with Crippen LogP contribution in [0.15, 0.2) is 48.5 Å². The van der Waals surface area contributed by atoms with Gasteiger partial charge in [0.15, 0.2) is 0 Å². The van der Waals surface area contributed by atoms with Crippen LogP contribution in [0.4, 0.5) is 0 Å². The van der Waals surface area contributed by atoms with E-state index < -0.39 is 0 Å². The van der Waals surface area contributed by atoms with Gasteiger partial charge in [0, 0.05) is 35.6 Å². The summed E-state index contributed by atoms with van der Waals surface area (Å²) in [7, 11) is 0. The molecule has 7 heteroatoms. The second-order valence-corrected chi connectivity index (χ2v) is 11.3. The maximum atomic E-state index is 14.0. The second-order valence-electron chi connectivity index (χ2n) is 10.9. The third kappa shape index (κ3) is 6.40. The molecule has 0 bridgehead atoms. The predicted octanol–water partition coefficient (Wildman–Crippen LogP) is 6.55. The van der Waals surface area contributed by atoms with Crippen LogP contribution >= 0.6 is 11.6 Å². The van der Waals surface area contributed by atoms with Gasteiger partial charge in [-0.2, -0.15) is 0 Å². The van der Waals surface area contributed by atoms with Crippen molar-refractivity contribution in [2.24, 2.45) is 0 Å². The van der Waals surface area contributed by atoms with Gasteiger partial charge in [0.25, 0.3) is 5.91 Å². The number of para-hydroxylation sites is 2. The Morgan fingerprint density at radius 1 is 0.895 bits per heavy atom. The molecular weight excluding hydrogens is 496 g/mol. The number of imidazole rings is 1. The zero-order valence-electron chi connectivity index (χ0n) is 22.2. The number of amides is 2. The van der Waals surface area contributed by atoms with Crippen molar-refractivity contribution >= 4 is 34.4 Å². The third-order valence-corrected chi connectivity index (χ3v) is 8.47. The number of hydrogen-bond donors (Lipinski definition) is 1. The molecule has 2 aliphatic carbocycles. The number of carbonyl (C=O) groups excluding carboxylic acids is 2. The first kappa shape index (κ1) is 26.7. The second kappa shape index (κ2) is 12.8. The Bertz CT molecular complexity index is 1210. The highest BCUT2D eigenvalue weighted by molar-refractivity contribution is 6.30. The van der Waals surface area contributed by atoms with Crippen molar-refractivity contribution < 1.29 is 9.59 Å². The van der Waals surface area contributed by atoms with Crippen LogP contribution in [-0.4, -0.2) is 44.9 Å². The first-order valence-electron chi connectivity index (χ1n) is 14.4. The summed E-state index contributed by atoms with van der Waals surface area (Å²) < 4.78 is 2.12. The monoisotopic (exact) mass is 534 g/mol. The minimum absolute atomic E-state index is 0.110. The molecule has 0 radical (unpaired) electrons. The average molecular weight is 535 g/mol. The Kier molecular flexibility index (Phi) is 9.00. The number of hydrogen-bond acceptors (Lipinski definition) is 3. The quantitative estimate of drug-likeness (QED) is 0.317. The van der Waals surface area contributed by atoms with Gasteiger partial charge in [-0.3, -0.25) is 9.59 Å². The van der Waals surface area contributed by atoms with Crippen LogP contribution in [0, 0.1) is 0 Å². The molecule has 3 aromatic rings. The van der Waals surface area contributed by atoms with E-state index in [0.29, 0.717) is 42.2 Å². The molecule has 2 aliphatic rings. The molecule has 2 amide bonds. The van der Waals surface area contributed by atoms with Gasteiger partial charge >= 0.3 is 0 Å². The summed E-state index contributed by atoms with van der Waals surface area (Å²) in [6.07, 6.45) is 13.4. The van der Waals surface area contributed by atoms with E-state index in [2.05, 4.69) is 20.9 Å². The fourth-order valence-electron chi connectivity index (χ4n) is 6.29. The van der Waals surface area contributed by atoms with E-state index in [-0.39, 0.29) is 11.8 Å². The number of aromatic nitrogens is 2. The molecule has 0 atom stereocenters. The van der Waals surface area contributed by atoms with Crippen LogP contribution < -0.4 is 5.32 Å². The molecule has 2 saturated carbocycles. The maximum absolute atomic E-state index is 14.0. The lowest BCUT2D eigenvalue weighted by atomic mass is 9.88. The molecule has 1 N–H and O–H groups in total. The van der Waals surface area contributed by atoms with Gasteiger partial charge in [0.1, 0.15) is 12.4 Å². The number of benzene rings is 2. The van der Waals surface area contributed by atoms with E-state index >= 15 is 0 Å². The lowest BCUT2D eigenvalue weighted by molar-refractivity contribution is -0.138. The van der Waals surface area contributed by atoms with Crippen LogP contribution in [0.25, 0.3) is 11.0 Å². The molecule has 1 aromatic heterocycles. The zero-order chi connectivity index (χ0) is 26.3. The zero-order valence-corrected chi connectivity index (χ0v) is 23.0. The highest BCUT2D eigenvalue weighted by Crippen LogP contribution is 2.31. The molecule has 6 nitrogen and oxygen atoms in total. The molecule has 38 heavy (non-hydrogen) atoms. The van der Waals surface area contributed by atoms with Crippen molar-refractivity contribution in [3.05, 3.63) is 64.9 Å². The first-order chi connectivity index (χ1) is 18.6. The SMILES string of the molecule is O=C(NCCCc1nc2ccccc2n1CC(=O)N(C1CCCCC1)C1CCCCC1)c1ccc(Cl)cc1. The van der Waals surface area contributed by atoms with Crippen molar-refractivity contribution in [3.63, 3.8) is 0 Å². The van der Waals surface area contributed by atoms with E-state index in [9.17, 15) is 9.59 Å². The highest BCUT2D eigenvalue weighted by Gasteiger charge is 2.33. The summed E-state index contributed by atoms with van der Waals surface area (Å²) in [5, 5.41) is 3.60. The molecule has 0 saturated heterocycles. The summed E-state index contributed by atoms with van der Waals surface area (Å²) in [4.78, 5) is 33.7. The predicted molar refractivity (Wildman–Crippen MR) is 152 cm³/mol. The number of aryl methyl sites for hydroxylation is 1. The van der Waals surface area contributed by atoms with Gasteiger partial charge < -0.3 is 14.8 Å². The number of nitrogens with zero attached hydrogens (tertiary/aromatic N) is 3. The smallest absolute Gasteiger partial charge is 0.251 e. The Labute approximate surface area is 230 Å².